The fourth-order valence-electron chi connectivity index (χ4n) is 3.88. The highest BCUT2D eigenvalue weighted by molar-refractivity contribution is 6.03. The molecule has 1 amide bonds. The standard InChI is InChI=1S/C21H27N5O/c27-20(24-18-8-10-19(11-9-18)26-12-4-5-13-26)16-14-22-21(23-15-16)25-17-6-2-1-3-7-17/h8-11,14-15,17H,1-7,12-13H2,(H,24,27)(H,22,23,25). The molecule has 2 heterocycles. The normalized spacial score (nSPS) is 17.7. The molecule has 0 spiro atoms. The molecule has 1 aromatic heterocycles. The summed E-state index contributed by atoms with van der Waals surface area (Å²) in [6.07, 6.45) is 11.9. The van der Waals surface area contributed by atoms with Crippen LogP contribution in [0.2, 0.25) is 0 Å². The van der Waals surface area contributed by atoms with Gasteiger partial charge in [0, 0.05) is 42.9 Å². The number of aromatic nitrogens is 2. The van der Waals surface area contributed by atoms with Crippen LogP contribution in [-0.2, 0) is 0 Å². The lowest BCUT2D eigenvalue weighted by atomic mass is 9.96. The van der Waals surface area contributed by atoms with E-state index in [0.717, 1.165) is 18.8 Å². The molecule has 1 saturated carbocycles. The molecule has 6 heteroatoms. The van der Waals surface area contributed by atoms with Gasteiger partial charge in [-0.25, -0.2) is 9.97 Å². The number of nitrogens with one attached hydrogen (secondary N) is 2. The number of hydrogen-bond acceptors (Lipinski definition) is 5. The maximum atomic E-state index is 12.4. The van der Waals surface area contributed by atoms with E-state index in [2.05, 4.69) is 37.6 Å². The van der Waals surface area contributed by atoms with Gasteiger partial charge in [0.15, 0.2) is 0 Å². The number of carbonyl (C=O) groups is 1. The molecule has 6 nitrogen and oxygen atoms in total. The van der Waals surface area contributed by atoms with E-state index in [1.54, 1.807) is 12.4 Å². The third kappa shape index (κ3) is 4.56. The molecule has 142 valence electrons. The number of rotatable bonds is 5. The van der Waals surface area contributed by atoms with Gasteiger partial charge in [0.25, 0.3) is 5.91 Å². The zero-order valence-corrected chi connectivity index (χ0v) is 15.7. The highest BCUT2D eigenvalue weighted by atomic mass is 16.1. The Labute approximate surface area is 160 Å². The summed E-state index contributed by atoms with van der Waals surface area (Å²) in [4.78, 5) is 23.4. The second kappa shape index (κ2) is 8.37. The molecule has 2 fully saturated rings. The van der Waals surface area contributed by atoms with E-state index in [9.17, 15) is 4.79 Å². The monoisotopic (exact) mass is 365 g/mol. The maximum absolute atomic E-state index is 12.4. The fraction of sp³-hybridized carbons (Fsp3) is 0.476. The quantitative estimate of drug-likeness (QED) is 0.836. The molecule has 2 aromatic rings. The zero-order valence-electron chi connectivity index (χ0n) is 15.7. The van der Waals surface area contributed by atoms with Crippen LogP contribution in [0.15, 0.2) is 36.7 Å². The number of carbonyl (C=O) groups excluding carboxylic acids is 1. The van der Waals surface area contributed by atoms with Crippen molar-refractivity contribution < 1.29 is 4.79 Å². The minimum absolute atomic E-state index is 0.187. The molecule has 0 atom stereocenters. The Balaban J connectivity index is 1.33. The minimum atomic E-state index is -0.187. The van der Waals surface area contributed by atoms with Crippen molar-refractivity contribution in [3.8, 4) is 0 Å². The second-order valence-electron chi connectivity index (χ2n) is 7.47. The van der Waals surface area contributed by atoms with Crippen molar-refractivity contribution in [2.45, 2.75) is 51.0 Å². The van der Waals surface area contributed by atoms with E-state index in [1.165, 1.54) is 50.6 Å². The van der Waals surface area contributed by atoms with Crippen LogP contribution in [0.3, 0.4) is 0 Å². The van der Waals surface area contributed by atoms with Gasteiger partial charge in [-0.05, 0) is 49.9 Å². The van der Waals surface area contributed by atoms with Crippen molar-refractivity contribution in [1.82, 2.24) is 9.97 Å². The SMILES string of the molecule is O=C(Nc1ccc(N2CCCC2)cc1)c1cnc(NC2CCCCC2)nc1. The summed E-state index contributed by atoms with van der Waals surface area (Å²) in [5.41, 5.74) is 2.46. The van der Waals surface area contributed by atoms with E-state index < -0.39 is 0 Å². The number of hydrogen-bond donors (Lipinski definition) is 2. The predicted octanol–water partition coefficient (Wildman–Crippen LogP) is 4.07. The van der Waals surface area contributed by atoms with Crippen LogP contribution >= 0.6 is 0 Å². The van der Waals surface area contributed by atoms with Gasteiger partial charge in [0.1, 0.15) is 0 Å². The van der Waals surface area contributed by atoms with Crippen LogP contribution < -0.4 is 15.5 Å². The molecule has 4 rings (SSSR count). The Kier molecular flexibility index (Phi) is 5.51. The van der Waals surface area contributed by atoms with Crippen molar-refractivity contribution in [3.63, 3.8) is 0 Å². The van der Waals surface area contributed by atoms with Crippen molar-refractivity contribution in [1.29, 1.82) is 0 Å². The Morgan fingerprint density at radius 2 is 1.59 bits per heavy atom. The molecular weight excluding hydrogens is 338 g/mol. The first-order valence-corrected chi connectivity index (χ1v) is 10.0. The molecule has 1 saturated heterocycles. The van der Waals surface area contributed by atoms with E-state index in [0.29, 0.717) is 17.6 Å². The van der Waals surface area contributed by atoms with Crippen LogP contribution in [0, 0.1) is 0 Å². The summed E-state index contributed by atoms with van der Waals surface area (Å²) in [7, 11) is 0. The molecule has 0 radical (unpaired) electrons. The zero-order chi connectivity index (χ0) is 18.5. The molecule has 2 aliphatic rings. The Morgan fingerprint density at radius 3 is 2.26 bits per heavy atom. The molecule has 0 bridgehead atoms. The summed E-state index contributed by atoms with van der Waals surface area (Å²) in [5.74, 6) is 0.418. The molecular formula is C21H27N5O. The average Bonchev–Trinajstić information content (AvgIpc) is 3.25. The van der Waals surface area contributed by atoms with Gasteiger partial charge in [0.2, 0.25) is 5.95 Å². The van der Waals surface area contributed by atoms with Crippen molar-refractivity contribution in [2.24, 2.45) is 0 Å². The second-order valence-corrected chi connectivity index (χ2v) is 7.47. The molecule has 0 unspecified atom stereocenters. The maximum Gasteiger partial charge on any atom is 0.258 e. The Morgan fingerprint density at radius 1 is 0.926 bits per heavy atom. The summed E-state index contributed by atoms with van der Waals surface area (Å²) < 4.78 is 0. The smallest absolute Gasteiger partial charge is 0.258 e. The lowest BCUT2D eigenvalue weighted by Crippen LogP contribution is -2.23. The first kappa shape index (κ1) is 17.8. The van der Waals surface area contributed by atoms with Crippen LogP contribution in [0.5, 0.6) is 0 Å². The van der Waals surface area contributed by atoms with E-state index >= 15 is 0 Å². The number of anilines is 3. The molecule has 1 aliphatic heterocycles. The van der Waals surface area contributed by atoms with Gasteiger partial charge in [0.05, 0.1) is 5.56 Å². The highest BCUT2D eigenvalue weighted by Gasteiger charge is 2.15. The average molecular weight is 365 g/mol. The summed E-state index contributed by atoms with van der Waals surface area (Å²) >= 11 is 0. The van der Waals surface area contributed by atoms with Gasteiger partial charge in [-0.2, -0.15) is 0 Å². The molecule has 2 N–H and O–H groups in total. The van der Waals surface area contributed by atoms with E-state index in [1.807, 2.05) is 12.1 Å². The Bertz CT molecular complexity index is 747. The fourth-order valence-corrected chi connectivity index (χ4v) is 3.88. The number of amides is 1. The lowest BCUT2D eigenvalue weighted by Gasteiger charge is -2.22. The van der Waals surface area contributed by atoms with Crippen molar-refractivity contribution >= 4 is 23.2 Å². The highest BCUT2D eigenvalue weighted by Crippen LogP contribution is 2.22. The van der Waals surface area contributed by atoms with Gasteiger partial charge in [-0.1, -0.05) is 19.3 Å². The van der Waals surface area contributed by atoms with Gasteiger partial charge in [-0.3, -0.25) is 4.79 Å². The third-order valence-corrected chi connectivity index (χ3v) is 5.45. The molecule has 1 aromatic carbocycles. The summed E-state index contributed by atoms with van der Waals surface area (Å²) in [6.45, 7) is 2.23. The van der Waals surface area contributed by atoms with Crippen LogP contribution in [0.25, 0.3) is 0 Å². The number of nitrogens with zero attached hydrogens (tertiary/aromatic N) is 3. The van der Waals surface area contributed by atoms with E-state index in [-0.39, 0.29) is 5.91 Å². The van der Waals surface area contributed by atoms with E-state index in [4.69, 9.17) is 0 Å². The Hall–Kier alpha value is -2.63. The lowest BCUT2D eigenvalue weighted by molar-refractivity contribution is 0.102. The predicted molar refractivity (Wildman–Crippen MR) is 108 cm³/mol. The van der Waals surface area contributed by atoms with Crippen molar-refractivity contribution in [3.05, 3.63) is 42.2 Å². The third-order valence-electron chi connectivity index (χ3n) is 5.45. The molecule has 1 aliphatic carbocycles. The van der Waals surface area contributed by atoms with Crippen molar-refractivity contribution in [2.75, 3.05) is 28.6 Å². The number of benzene rings is 1. The largest absolute Gasteiger partial charge is 0.372 e. The minimum Gasteiger partial charge on any atom is -0.372 e. The first-order chi connectivity index (χ1) is 13.3. The van der Waals surface area contributed by atoms with Crippen LogP contribution in [0.4, 0.5) is 17.3 Å². The summed E-state index contributed by atoms with van der Waals surface area (Å²) in [5, 5.41) is 6.29. The topological polar surface area (TPSA) is 70.2 Å². The van der Waals surface area contributed by atoms with Gasteiger partial charge in [-0.15, -0.1) is 0 Å². The van der Waals surface area contributed by atoms with Gasteiger partial charge < -0.3 is 15.5 Å². The van der Waals surface area contributed by atoms with Crippen LogP contribution in [-0.4, -0.2) is 35.0 Å². The van der Waals surface area contributed by atoms with Gasteiger partial charge >= 0.3 is 0 Å². The van der Waals surface area contributed by atoms with Crippen LogP contribution in [0.1, 0.15) is 55.3 Å². The summed E-state index contributed by atoms with van der Waals surface area (Å²) in [6, 6.07) is 8.48. The molecule has 27 heavy (non-hydrogen) atoms. The first-order valence-electron chi connectivity index (χ1n) is 10.0.